The van der Waals surface area contributed by atoms with Crippen LogP contribution in [0.5, 0.6) is 5.75 Å². The number of nitrogens with one attached hydrogen (secondary N) is 2. The zero-order valence-corrected chi connectivity index (χ0v) is 14.0. The SMILES string of the molecule is COc1ccc(C(=O)Nc2ccc3nc(CN)[nH]c3c2)cc1C1CC1. The zero-order valence-electron chi connectivity index (χ0n) is 14.0. The summed E-state index contributed by atoms with van der Waals surface area (Å²) in [5.74, 6) is 1.95. The fourth-order valence-corrected chi connectivity index (χ4v) is 3.03. The molecular formula is C19H20N4O2. The molecule has 25 heavy (non-hydrogen) atoms. The van der Waals surface area contributed by atoms with Gasteiger partial charge in [-0.1, -0.05) is 0 Å². The number of hydrogen-bond donors (Lipinski definition) is 3. The third-order valence-corrected chi connectivity index (χ3v) is 4.49. The highest BCUT2D eigenvalue weighted by atomic mass is 16.5. The van der Waals surface area contributed by atoms with E-state index >= 15 is 0 Å². The van der Waals surface area contributed by atoms with Gasteiger partial charge in [-0.2, -0.15) is 0 Å². The highest BCUT2D eigenvalue weighted by molar-refractivity contribution is 6.05. The monoisotopic (exact) mass is 336 g/mol. The molecule has 0 aliphatic heterocycles. The number of nitrogens with zero attached hydrogens (tertiary/aromatic N) is 1. The van der Waals surface area contributed by atoms with E-state index in [4.69, 9.17) is 10.5 Å². The largest absolute Gasteiger partial charge is 0.496 e. The minimum Gasteiger partial charge on any atom is -0.496 e. The van der Waals surface area contributed by atoms with Crippen LogP contribution in [-0.2, 0) is 6.54 Å². The normalized spacial score (nSPS) is 13.8. The Morgan fingerprint density at radius 3 is 2.88 bits per heavy atom. The van der Waals surface area contributed by atoms with Gasteiger partial charge in [0.25, 0.3) is 5.91 Å². The summed E-state index contributed by atoms with van der Waals surface area (Å²) in [6, 6.07) is 11.2. The van der Waals surface area contributed by atoms with Gasteiger partial charge >= 0.3 is 0 Å². The lowest BCUT2D eigenvalue weighted by Gasteiger charge is -2.10. The summed E-state index contributed by atoms with van der Waals surface area (Å²) in [7, 11) is 1.66. The minimum absolute atomic E-state index is 0.137. The van der Waals surface area contributed by atoms with E-state index < -0.39 is 0 Å². The number of carbonyl (C=O) groups is 1. The fraction of sp³-hybridized carbons (Fsp3) is 0.263. The first-order valence-corrected chi connectivity index (χ1v) is 8.36. The van der Waals surface area contributed by atoms with Crippen LogP contribution in [0.3, 0.4) is 0 Å². The molecule has 2 aromatic carbocycles. The van der Waals surface area contributed by atoms with Gasteiger partial charge in [-0.05, 0) is 60.7 Å². The topological polar surface area (TPSA) is 93.0 Å². The molecule has 1 heterocycles. The summed E-state index contributed by atoms with van der Waals surface area (Å²) < 4.78 is 5.41. The van der Waals surface area contributed by atoms with E-state index in [2.05, 4.69) is 15.3 Å². The highest BCUT2D eigenvalue weighted by Crippen LogP contribution is 2.44. The molecule has 0 atom stereocenters. The Hall–Kier alpha value is -2.86. The summed E-state index contributed by atoms with van der Waals surface area (Å²) in [4.78, 5) is 20.1. The van der Waals surface area contributed by atoms with Crippen molar-refractivity contribution < 1.29 is 9.53 Å². The van der Waals surface area contributed by atoms with Gasteiger partial charge in [0.2, 0.25) is 0 Å². The van der Waals surface area contributed by atoms with Crippen LogP contribution >= 0.6 is 0 Å². The van der Waals surface area contributed by atoms with Crippen molar-refractivity contribution in [1.29, 1.82) is 0 Å². The molecule has 6 nitrogen and oxygen atoms in total. The van der Waals surface area contributed by atoms with E-state index in [1.165, 1.54) is 0 Å². The lowest BCUT2D eigenvalue weighted by molar-refractivity contribution is 0.102. The number of H-pyrrole nitrogens is 1. The number of ether oxygens (including phenoxy) is 1. The van der Waals surface area contributed by atoms with Crippen molar-refractivity contribution in [2.75, 3.05) is 12.4 Å². The number of rotatable bonds is 5. The van der Waals surface area contributed by atoms with Gasteiger partial charge in [0.1, 0.15) is 11.6 Å². The summed E-state index contributed by atoms with van der Waals surface area (Å²) in [5.41, 5.74) is 9.76. The molecule has 0 radical (unpaired) electrons. The maximum atomic E-state index is 12.6. The highest BCUT2D eigenvalue weighted by Gasteiger charge is 2.27. The second-order valence-corrected chi connectivity index (χ2v) is 6.30. The third-order valence-electron chi connectivity index (χ3n) is 4.49. The molecule has 128 valence electrons. The van der Waals surface area contributed by atoms with Crippen molar-refractivity contribution in [1.82, 2.24) is 9.97 Å². The van der Waals surface area contributed by atoms with Crippen LogP contribution in [0.4, 0.5) is 5.69 Å². The molecule has 0 unspecified atom stereocenters. The van der Waals surface area contributed by atoms with Gasteiger partial charge < -0.3 is 20.8 Å². The number of aromatic nitrogens is 2. The molecule has 1 amide bonds. The molecular weight excluding hydrogens is 316 g/mol. The number of anilines is 1. The molecule has 0 bridgehead atoms. The van der Waals surface area contributed by atoms with Gasteiger partial charge in [-0.25, -0.2) is 4.98 Å². The average molecular weight is 336 g/mol. The summed E-state index contributed by atoms with van der Waals surface area (Å²) in [5, 5.41) is 2.94. The van der Waals surface area contributed by atoms with Crippen LogP contribution in [-0.4, -0.2) is 23.0 Å². The number of carbonyl (C=O) groups excluding carboxylic acids is 1. The number of nitrogens with two attached hydrogens (primary N) is 1. The second kappa shape index (κ2) is 6.22. The first-order valence-electron chi connectivity index (χ1n) is 8.36. The number of fused-ring (bicyclic) bond motifs is 1. The Morgan fingerprint density at radius 1 is 1.32 bits per heavy atom. The van der Waals surface area contributed by atoms with Crippen LogP contribution < -0.4 is 15.8 Å². The number of amides is 1. The molecule has 1 saturated carbocycles. The van der Waals surface area contributed by atoms with Crippen molar-refractivity contribution in [3.8, 4) is 5.75 Å². The van der Waals surface area contributed by atoms with Crippen LogP contribution in [0, 0.1) is 0 Å². The average Bonchev–Trinajstić information content (AvgIpc) is 3.40. The summed E-state index contributed by atoms with van der Waals surface area (Å²) in [6.45, 7) is 0.353. The van der Waals surface area contributed by atoms with Crippen molar-refractivity contribution in [2.24, 2.45) is 5.73 Å². The molecule has 1 aliphatic carbocycles. The van der Waals surface area contributed by atoms with Crippen LogP contribution in [0.15, 0.2) is 36.4 Å². The van der Waals surface area contributed by atoms with Crippen molar-refractivity contribution in [3.05, 3.63) is 53.3 Å². The number of methoxy groups -OCH3 is 1. The molecule has 1 aromatic heterocycles. The van der Waals surface area contributed by atoms with Crippen LogP contribution in [0.2, 0.25) is 0 Å². The number of imidazole rings is 1. The first kappa shape index (κ1) is 15.7. The molecule has 4 N–H and O–H groups in total. The quantitative estimate of drug-likeness (QED) is 0.667. The Morgan fingerprint density at radius 2 is 2.16 bits per heavy atom. The van der Waals surface area contributed by atoms with Gasteiger partial charge in [-0.15, -0.1) is 0 Å². The third kappa shape index (κ3) is 3.08. The van der Waals surface area contributed by atoms with Crippen molar-refractivity contribution >= 4 is 22.6 Å². The van der Waals surface area contributed by atoms with E-state index in [1.54, 1.807) is 13.2 Å². The standard InChI is InChI=1S/C19H20N4O2/c1-25-17-7-4-12(8-14(17)11-2-3-11)19(24)21-13-5-6-15-16(9-13)23-18(10-20)22-15/h4-9,11H,2-3,10,20H2,1H3,(H,21,24)(H,22,23). The maximum absolute atomic E-state index is 12.6. The number of aromatic amines is 1. The van der Waals surface area contributed by atoms with E-state index in [-0.39, 0.29) is 5.91 Å². The first-order chi connectivity index (χ1) is 12.2. The Bertz CT molecular complexity index is 944. The second-order valence-electron chi connectivity index (χ2n) is 6.30. The summed E-state index contributed by atoms with van der Waals surface area (Å²) >= 11 is 0. The molecule has 3 aromatic rings. The molecule has 4 rings (SSSR count). The van der Waals surface area contributed by atoms with Gasteiger partial charge in [0, 0.05) is 11.3 Å². The number of hydrogen-bond acceptors (Lipinski definition) is 4. The Labute approximate surface area is 145 Å². The summed E-state index contributed by atoms with van der Waals surface area (Å²) in [6.07, 6.45) is 2.31. The molecule has 6 heteroatoms. The molecule has 0 spiro atoms. The predicted molar refractivity (Wildman–Crippen MR) is 96.9 cm³/mol. The number of benzene rings is 2. The van der Waals surface area contributed by atoms with Crippen LogP contribution in [0.25, 0.3) is 11.0 Å². The van der Waals surface area contributed by atoms with Gasteiger partial charge in [0.05, 0.1) is 24.7 Å². The van der Waals surface area contributed by atoms with Gasteiger partial charge in [0.15, 0.2) is 0 Å². The molecule has 1 aliphatic rings. The maximum Gasteiger partial charge on any atom is 0.255 e. The Kier molecular flexibility index (Phi) is 3.89. The van der Waals surface area contributed by atoms with Gasteiger partial charge in [-0.3, -0.25) is 4.79 Å². The Balaban J connectivity index is 1.58. The predicted octanol–water partition coefficient (Wildman–Crippen LogP) is 3.16. The fourth-order valence-electron chi connectivity index (χ4n) is 3.03. The lowest BCUT2D eigenvalue weighted by atomic mass is 10.0. The van der Waals surface area contributed by atoms with Crippen molar-refractivity contribution in [2.45, 2.75) is 25.3 Å². The van der Waals surface area contributed by atoms with E-state index in [0.29, 0.717) is 23.7 Å². The molecule has 1 fully saturated rings. The van der Waals surface area contributed by atoms with E-state index in [1.807, 2.05) is 30.3 Å². The zero-order chi connectivity index (χ0) is 17.4. The minimum atomic E-state index is -0.137. The molecule has 0 saturated heterocycles. The van der Waals surface area contributed by atoms with E-state index in [9.17, 15) is 4.79 Å². The van der Waals surface area contributed by atoms with Crippen LogP contribution in [0.1, 0.15) is 40.5 Å². The van der Waals surface area contributed by atoms with Crippen molar-refractivity contribution in [3.63, 3.8) is 0 Å². The lowest BCUT2D eigenvalue weighted by Crippen LogP contribution is -2.12. The smallest absolute Gasteiger partial charge is 0.255 e. The van der Waals surface area contributed by atoms with E-state index in [0.717, 1.165) is 41.0 Å².